The third-order valence-electron chi connectivity index (χ3n) is 5.21. The van der Waals surface area contributed by atoms with Gasteiger partial charge in [-0.3, -0.25) is 4.79 Å². The molecule has 28 heavy (non-hydrogen) atoms. The van der Waals surface area contributed by atoms with E-state index in [4.69, 9.17) is 4.74 Å². The second-order valence-corrected chi connectivity index (χ2v) is 6.92. The zero-order valence-corrected chi connectivity index (χ0v) is 15.5. The Labute approximate surface area is 164 Å². The maximum absolute atomic E-state index is 13.0. The Morgan fingerprint density at radius 1 is 1.07 bits per heavy atom. The highest BCUT2D eigenvalue weighted by molar-refractivity contribution is 5.94. The monoisotopic (exact) mass is 371 g/mol. The van der Waals surface area contributed by atoms with Crippen LogP contribution in [0.5, 0.6) is 0 Å². The summed E-state index contributed by atoms with van der Waals surface area (Å²) in [6, 6.07) is 23.3. The molecular weight excluding hydrogens is 350 g/mol. The first-order valence-electron chi connectivity index (χ1n) is 9.32. The van der Waals surface area contributed by atoms with Gasteiger partial charge < -0.3 is 4.74 Å². The van der Waals surface area contributed by atoms with E-state index in [2.05, 4.69) is 18.7 Å². The Morgan fingerprint density at radius 2 is 1.79 bits per heavy atom. The molecule has 1 heterocycles. The molecule has 3 aromatic rings. The molecule has 0 bridgehead atoms. The predicted octanol–water partition coefficient (Wildman–Crippen LogP) is 5.22. The highest BCUT2D eigenvalue weighted by atomic mass is 16.6. The van der Waals surface area contributed by atoms with Crippen LogP contribution in [0.4, 0.5) is 4.79 Å². The highest BCUT2D eigenvalue weighted by Crippen LogP contribution is 2.31. The number of amides is 2. The van der Waals surface area contributed by atoms with Gasteiger partial charge in [-0.05, 0) is 21.9 Å². The van der Waals surface area contributed by atoms with E-state index in [0.717, 1.165) is 21.9 Å². The Balaban J connectivity index is 1.57. The van der Waals surface area contributed by atoms with Gasteiger partial charge in [0.1, 0.15) is 12.6 Å². The number of benzene rings is 3. The Kier molecular flexibility index (Phi) is 4.94. The van der Waals surface area contributed by atoms with Crippen LogP contribution in [0.1, 0.15) is 29.5 Å². The lowest BCUT2D eigenvalue weighted by atomic mass is 9.93. The average Bonchev–Trinajstić information content (AvgIpc) is 3.13. The van der Waals surface area contributed by atoms with Crippen molar-refractivity contribution < 1.29 is 14.3 Å². The van der Waals surface area contributed by atoms with Crippen LogP contribution in [0.3, 0.4) is 0 Å². The van der Waals surface area contributed by atoms with Crippen molar-refractivity contribution in [1.29, 1.82) is 0 Å². The van der Waals surface area contributed by atoms with Crippen LogP contribution < -0.4 is 0 Å². The number of hydrogen-bond acceptors (Lipinski definition) is 3. The fourth-order valence-corrected chi connectivity index (χ4v) is 3.68. The van der Waals surface area contributed by atoms with Gasteiger partial charge in [0.2, 0.25) is 5.91 Å². The first-order chi connectivity index (χ1) is 13.7. The van der Waals surface area contributed by atoms with Crippen LogP contribution in [-0.2, 0) is 9.53 Å². The first-order valence-corrected chi connectivity index (χ1v) is 9.32. The molecule has 0 spiro atoms. The van der Waals surface area contributed by atoms with Gasteiger partial charge in [-0.2, -0.15) is 0 Å². The minimum Gasteiger partial charge on any atom is -0.446 e. The van der Waals surface area contributed by atoms with Gasteiger partial charge in [0.15, 0.2) is 0 Å². The van der Waals surface area contributed by atoms with Gasteiger partial charge in [-0.1, -0.05) is 78.9 Å². The Hall–Kier alpha value is -3.40. The van der Waals surface area contributed by atoms with E-state index in [-0.39, 0.29) is 30.9 Å². The Bertz CT molecular complexity index is 1030. The standard InChI is InChI=1S/C24H21NO3/c1-2-17(21-13-12-18-8-6-7-11-20(18)14-21)15-23(26)25-22(16-28-24(25)27)19-9-4-3-5-10-19/h2-14,17,22H,1,15-16H2/t17-,22+/m0/s1. The molecule has 2 atom stereocenters. The molecule has 1 aliphatic rings. The molecule has 2 amide bonds. The van der Waals surface area contributed by atoms with E-state index >= 15 is 0 Å². The van der Waals surface area contributed by atoms with Crippen LogP contribution in [0.2, 0.25) is 0 Å². The van der Waals surface area contributed by atoms with E-state index in [0.29, 0.717) is 0 Å². The third-order valence-corrected chi connectivity index (χ3v) is 5.21. The minimum absolute atomic E-state index is 0.167. The van der Waals surface area contributed by atoms with Crippen LogP contribution in [0, 0.1) is 0 Å². The van der Waals surface area contributed by atoms with Gasteiger partial charge >= 0.3 is 6.09 Å². The molecular formula is C24H21NO3. The summed E-state index contributed by atoms with van der Waals surface area (Å²) in [6.45, 7) is 4.09. The van der Waals surface area contributed by atoms with E-state index in [9.17, 15) is 9.59 Å². The van der Waals surface area contributed by atoms with Gasteiger partial charge in [0, 0.05) is 12.3 Å². The number of rotatable bonds is 5. The molecule has 0 unspecified atom stereocenters. The number of carbonyl (C=O) groups excluding carboxylic acids is 2. The van der Waals surface area contributed by atoms with Gasteiger partial charge in [0.05, 0.1) is 0 Å². The fourth-order valence-electron chi connectivity index (χ4n) is 3.68. The quantitative estimate of drug-likeness (QED) is 0.578. The zero-order valence-electron chi connectivity index (χ0n) is 15.5. The topological polar surface area (TPSA) is 46.6 Å². The van der Waals surface area contributed by atoms with E-state index in [1.807, 2.05) is 60.7 Å². The Morgan fingerprint density at radius 3 is 2.54 bits per heavy atom. The van der Waals surface area contributed by atoms with Crippen molar-refractivity contribution in [2.24, 2.45) is 0 Å². The summed E-state index contributed by atoms with van der Waals surface area (Å²) in [7, 11) is 0. The summed E-state index contributed by atoms with van der Waals surface area (Å²) >= 11 is 0. The number of nitrogens with zero attached hydrogens (tertiary/aromatic N) is 1. The molecule has 0 aromatic heterocycles. The molecule has 4 heteroatoms. The molecule has 1 aliphatic heterocycles. The number of carbonyl (C=O) groups is 2. The second kappa shape index (κ2) is 7.69. The fraction of sp³-hybridized carbons (Fsp3) is 0.167. The minimum atomic E-state index is -0.583. The summed E-state index contributed by atoms with van der Waals surface area (Å²) < 4.78 is 5.17. The number of allylic oxidation sites excluding steroid dienone is 1. The second-order valence-electron chi connectivity index (χ2n) is 6.92. The molecule has 1 saturated heterocycles. The number of imide groups is 1. The SMILES string of the molecule is C=C[C@@H](CC(=O)N1C(=O)OC[C@@H]1c1ccccc1)c1ccc2ccccc2c1. The summed E-state index contributed by atoms with van der Waals surface area (Å²) in [6.07, 6.45) is 1.35. The summed E-state index contributed by atoms with van der Waals surface area (Å²) in [5.74, 6) is -0.434. The van der Waals surface area contributed by atoms with Crippen molar-refractivity contribution in [2.45, 2.75) is 18.4 Å². The lowest BCUT2D eigenvalue weighted by molar-refractivity contribution is -0.129. The summed E-state index contributed by atoms with van der Waals surface area (Å²) in [5.41, 5.74) is 1.90. The number of hydrogen-bond donors (Lipinski definition) is 0. The molecule has 1 fully saturated rings. The third kappa shape index (κ3) is 3.41. The van der Waals surface area contributed by atoms with Crippen LogP contribution in [0.15, 0.2) is 85.5 Å². The zero-order chi connectivity index (χ0) is 19.5. The first kappa shape index (κ1) is 18.0. The molecule has 0 N–H and O–H groups in total. The number of fused-ring (bicyclic) bond motifs is 1. The molecule has 4 nitrogen and oxygen atoms in total. The van der Waals surface area contributed by atoms with Crippen LogP contribution in [0.25, 0.3) is 10.8 Å². The number of cyclic esters (lactones) is 1. The molecule has 0 radical (unpaired) electrons. The number of ether oxygens (including phenoxy) is 1. The van der Waals surface area contributed by atoms with Crippen molar-refractivity contribution in [3.8, 4) is 0 Å². The van der Waals surface area contributed by atoms with E-state index in [1.165, 1.54) is 4.90 Å². The van der Waals surface area contributed by atoms with Crippen LogP contribution in [-0.4, -0.2) is 23.5 Å². The smallest absolute Gasteiger partial charge is 0.417 e. The van der Waals surface area contributed by atoms with Gasteiger partial charge in [-0.25, -0.2) is 9.69 Å². The lowest BCUT2D eigenvalue weighted by Crippen LogP contribution is -2.34. The van der Waals surface area contributed by atoms with E-state index in [1.54, 1.807) is 6.08 Å². The molecule has 140 valence electrons. The average molecular weight is 371 g/mol. The van der Waals surface area contributed by atoms with Crippen molar-refractivity contribution in [2.75, 3.05) is 6.61 Å². The normalized spacial score (nSPS) is 17.4. The summed E-state index contributed by atoms with van der Waals surface area (Å²) in [4.78, 5) is 26.5. The van der Waals surface area contributed by atoms with Crippen molar-refractivity contribution in [1.82, 2.24) is 4.90 Å². The lowest BCUT2D eigenvalue weighted by Gasteiger charge is -2.22. The van der Waals surface area contributed by atoms with Gasteiger partial charge in [0.25, 0.3) is 0 Å². The maximum Gasteiger partial charge on any atom is 0.417 e. The molecule has 4 rings (SSSR count). The van der Waals surface area contributed by atoms with E-state index < -0.39 is 6.09 Å². The van der Waals surface area contributed by atoms with Crippen molar-refractivity contribution in [3.63, 3.8) is 0 Å². The molecule has 3 aromatic carbocycles. The maximum atomic E-state index is 13.0. The predicted molar refractivity (Wildman–Crippen MR) is 109 cm³/mol. The van der Waals surface area contributed by atoms with Gasteiger partial charge in [-0.15, -0.1) is 6.58 Å². The molecule has 0 saturated carbocycles. The summed E-state index contributed by atoms with van der Waals surface area (Å²) in [5, 5.41) is 2.26. The van der Waals surface area contributed by atoms with Crippen molar-refractivity contribution in [3.05, 3.63) is 96.6 Å². The van der Waals surface area contributed by atoms with Crippen LogP contribution >= 0.6 is 0 Å². The largest absolute Gasteiger partial charge is 0.446 e. The highest BCUT2D eigenvalue weighted by Gasteiger charge is 2.39. The van der Waals surface area contributed by atoms with Crippen molar-refractivity contribution >= 4 is 22.8 Å². The molecule has 0 aliphatic carbocycles.